The zero-order valence-electron chi connectivity index (χ0n) is 22.3. The average molecular weight is 520 g/mol. The summed E-state index contributed by atoms with van der Waals surface area (Å²) < 4.78 is 14.1. The van der Waals surface area contributed by atoms with Gasteiger partial charge in [0.25, 0.3) is 8.32 Å². The van der Waals surface area contributed by atoms with Crippen molar-refractivity contribution in [3.63, 3.8) is 0 Å². The molecule has 4 nitrogen and oxygen atoms in total. The van der Waals surface area contributed by atoms with E-state index >= 15 is 0 Å². The molecule has 1 aliphatic heterocycles. The zero-order chi connectivity index (χ0) is 25.8. The molecular formula is C30H41NO3Si2. The minimum atomic E-state index is -2.89. The van der Waals surface area contributed by atoms with E-state index in [1.165, 1.54) is 15.6 Å². The molecule has 0 radical (unpaired) electrons. The Bertz CT molecular complexity index is 991. The van der Waals surface area contributed by atoms with Crippen LogP contribution in [-0.4, -0.2) is 53.1 Å². The molecule has 6 heteroatoms. The first-order chi connectivity index (χ1) is 17.1. The van der Waals surface area contributed by atoms with Crippen LogP contribution in [0.1, 0.15) is 27.2 Å². The van der Waals surface area contributed by atoms with Gasteiger partial charge in [-0.15, -0.1) is 0 Å². The molecule has 0 aliphatic carbocycles. The monoisotopic (exact) mass is 519 g/mol. The third-order valence-electron chi connectivity index (χ3n) is 7.87. The maximum absolute atomic E-state index is 10.7. The maximum atomic E-state index is 10.7. The Hall–Kier alpha value is -2.07. The van der Waals surface area contributed by atoms with Crippen molar-refractivity contribution < 1.29 is 14.0 Å². The summed E-state index contributed by atoms with van der Waals surface area (Å²) in [6.07, 6.45) is -0.0568. The van der Waals surface area contributed by atoms with Gasteiger partial charge in [0.15, 0.2) is 8.32 Å². The van der Waals surface area contributed by atoms with Gasteiger partial charge >= 0.3 is 0 Å². The molecule has 4 rings (SSSR count). The average Bonchev–Trinajstić information content (AvgIpc) is 2.87. The summed E-state index contributed by atoms with van der Waals surface area (Å²) in [6, 6.07) is 31.9. The van der Waals surface area contributed by atoms with Crippen molar-refractivity contribution in [1.82, 2.24) is 5.32 Å². The molecular weight excluding hydrogens is 479 g/mol. The second-order valence-electron chi connectivity index (χ2n) is 11.4. The van der Waals surface area contributed by atoms with Gasteiger partial charge in [-0.3, -0.25) is 0 Å². The zero-order valence-corrected chi connectivity index (χ0v) is 24.3. The predicted molar refractivity (Wildman–Crippen MR) is 154 cm³/mol. The molecule has 36 heavy (non-hydrogen) atoms. The van der Waals surface area contributed by atoms with Gasteiger partial charge < -0.3 is 19.3 Å². The first-order valence-electron chi connectivity index (χ1n) is 13.0. The standard InChI is InChI=1S/C30H41NO3Si2/c1-30(2,3)35(4,5)33-23-28-29(21-24(32)22-31-28)34-36(25-15-9-6-10-16-25,26-17-11-7-12-18-26)27-19-13-8-14-20-27/h6-20,24,28-29,31-32H,21-23H2,1-5H3/t24-,28+,29-/m0/s1. The van der Waals surface area contributed by atoms with E-state index < -0.39 is 22.7 Å². The third kappa shape index (κ3) is 5.74. The fraction of sp³-hybridized carbons (Fsp3) is 0.400. The number of nitrogens with one attached hydrogen (secondary N) is 1. The van der Waals surface area contributed by atoms with E-state index in [0.29, 0.717) is 19.6 Å². The predicted octanol–water partition coefficient (Wildman–Crippen LogP) is 3.78. The third-order valence-corrected chi connectivity index (χ3v) is 16.5. The van der Waals surface area contributed by atoms with Crippen molar-refractivity contribution in [2.24, 2.45) is 0 Å². The summed E-state index contributed by atoms with van der Waals surface area (Å²) in [7, 11) is -4.82. The van der Waals surface area contributed by atoms with Gasteiger partial charge in [-0.2, -0.15) is 0 Å². The molecule has 1 aliphatic rings. The Morgan fingerprint density at radius 1 is 0.806 bits per heavy atom. The topological polar surface area (TPSA) is 50.7 Å². The van der Waals surface area contributed by atoms with Crippen molar-refractivity contribution >= 4 is 32.2 Å². The smallest absolute Gasteiger partial charge is 0.288 e. The van der Waals surface area contributed by atoms with Gasteiger partial charge in [-0.1, -0.05) is 112 Å². The minimum absolute atomic E-state index is 0.00513. The SMILES string of the molecule is CC(C)(C)[Si](C)(C)OC[C@H]1NC[C@@H](O)C[C@@H]1O[Si](c1ccccc1)(c1ccccc1)c1ccccc1. The lowest BCUT2D eigenvalue weighted by Gasteiger charge is -2.44. The first kappa shape index (κ1) is 27.0. The van der Waals surface area contributed by atoms with Crippen molar-refractivity contribution in [2.45, 2.75) is 63.6 Å². The molecule has 3 atom stereocenters. The molecule has 0 unspecified atom stereocenters. The fourth-order valence-electron chi connectivity index (χ4n) is 4.70. The van der Waals surface area contributed by atoms with Crippen LogP contribution in [0.3, 0.4) is 0 Å². The maximum Gasteiger partial charge on any atom is 0.288 e. The Morgan fingerprint density at radius 3 is 1.67 bits per heavy atom. The summed E-state index contributed by atoms with van der Waals surface area (Å²) in [6.45, 7) is 12.5. The minimum Gasteiger partial charge on any atom is -0.415 e. The Labute approximate surface area is 218 Å². The number of benzene rings is 3. The Balaban J connectivity index is 1.77. The number of hydrogen-bond acceptors (Lipinski definition) is 4. The number of aliphatic hydroxyl groups is 1. The van der Waals surface area contributed by atoms with E-state index in [4.69, 9.17) is 8.85 Å². The van der Waals surface area contributed by atoms with Crippen LogP contribution < -0.4 is 20.9 Å². The Kier molecular flexibility index (Phi) is 8.34. The van der Waals surface area contributed by atoms with Gasteiger partial charge in [0.2, 0.25) is 0 Å². The van der Waals surface area contributed by atoms with Crippen LogP contribution in [0.15, 0.2) is 91.0 Å². The molecule has 0 aromatic heterocycles. The van der Waals surface area contributed by atoms with E-state index in [9.17, 15) is 5.11 Å². The van der Waals surface area contributed by atoms with Crippen molar-refractivity contribution in [3.8, 4) is 0 Å². The quantitative estimate of drug-likeness (QED) is 0.351. The van der Waals surface area contributed by atoms with Crippen LogP contribution in [0.5, 0.6) is 0 Å². The second kappa shape index (κ2) is 11.1. The molecule has 1 fully saturated rings. The molecule has 2 N–H and O–H groups in total. The van der Waals surface area contributed by atoms with E-state index in [2.05, 4.69) is 130 Å². The van der Waals surface area contributed by atoms with Gasteiger partial charge in [0.1, 0.15) is 0 Å². The molecule has 1 saturated heterocycles. The first-order valence-corrected chi connectivity index (χ1v) is 17.8. The number of rotatable bonds is 8. The van der Waals surface area contributed by atoms with Gasteiger partial charge in [0.05, 0.1) is 24.9 Å². The van der Waals surface area contributed by atoms with Gasteiger partial charge in [0, 0.05) is 13.0 Å². The van der Waals surface area contributed by atoms with Crippen LogP contribution in [0.2, 0.25) is 18.1 Å². The van der Waals surface area contributed by atoms with E-state index in [0.717, 1.165) is 0 Å². The van der Waals surface area contributed by atoms with Crippen LogP contribution in [-0.2, 0) is 8.85 Å². The molecule has 3 aromatic rings. The molecule has 3 aromatic carbocycles. The highest BCUT2D eigenvalue weighted by Crippen LogP contribution is 2.37. The van der Waals surface area contributed by atoms with E-state index in [1.54, 1.807) is 0 Å². The summed E-state index contributed by atoms with van der Waals surface area (Å²) in [5.74, 6) is 0. The summed E-state index contributed by atoms with van der Waals surface area (Å²) >= 11 is 0. The van der Waals surface area contributed by atoms with Crippen LogP contribution in [0.4, 0.5) is 0 Å². The summed E-state index contributed by atoms with van der Waals surface area (Å²) in [5, 5.41) is 18.0. The molecule has 192 valence electrons. The van der Waals surface area contributed by atoms with Crippen LogP contribution in [0.25, 0.3) is 0 Å². The highest BCUT2D eigenvalue weighted by Gasteiger charge is 2.47. The van der Waals surface area contributed by atoms with Crippen molar-refractivity contribution in [2.75, 3.05) is 13.2 Å². The second-order valence-corrected chi connectivity index (χ2v) is 19.6. The van der Waals surface area contributed by atoms with E-state index in [1.807, 2.05) is 0 Å². The molecule has 0 spiro atoms. The van der Waals surface area contributed by atoms with Gasteiger partial charge in [-0.25, -0.2) is 0 Å². The van der Waals surface area contributed by atoms with Crippen LogP contribution >= 0.6 is 0 Å². The lowest BCUT2D eigenvalue weighted by atomic mass is 10.0. The molecule has 0 bridgehead atoms. The largest absolute Gasteiger partial charge is 0.415 e. The number of piperidine rings is 1. The lowest BCUT2D eigenvalue weighted by molar-refractivity contribution is 0.0201. The van der Waals surface area contributed by atoms with Crippen molar-refractivity contribution in [1.29, 1.82) is 0 Å². The van der Waals surface area contributed by atoms with E-state index in [-0.39, 0.29) is 17.2 Å². The molecule has 0 amide bonds. The number of β-amino-alcohol motifs (C(OH)–C–C–N with tert-alkyl or cyclic N) is 1. The summed E-state index contributed by atoms with van der Waals surface area (Å²) in [4.78, 5) is 0. The molecule has 0 saturated carbocycles. The molecule has 1 heterocycles. The fourth-order valence-corrected chi connectivity index (χ4v) is 9.83. The van der Waals surface area contributed by atoms with Gasteiger partial charge in [-0.05, 0) is 33.7 Å². The number of aliphatic hydroxyl groups excluding tert-OH is 1. The lowest BCUT2D eigenvalue weighted by Crippen LogP contribution is -2.72. The number of hydrogen-bond donors (Lipinski definition) is 2. The summed E-state index contributed by atoms with van der Waals surface area (Å²) in [5.41, 5.74) is 0. The van der Waals surface area contributed by atoms with Crippen molar-refractivity contribution in [3.05, 3.63) is 91.0 Å². The Morgan fingerprint density at radius 2 is 1.25 bits per heavy atom. The highest BCUT2D eigenvalue weighted by atomic mass is 28.4. The normalized spacial score (nSPS) is 21.3. The van der Waals surface area contributed by atoms with Crippen LogP contribution in [0, 0.1) is 0 Å². The highest BCUT2D eigenvalue weighted by molar-refractivity contribution is 7.07.